The number of nitrogens with two attached hydrogens (primary N) is 1. The number of aromatic nitrogens is 2. The van der Waals surface area contributed by atoms with E-state index < -0.39 is 18.2 Å². The van der Waals surface area contributed by atoms with E-state index in [2.05, 4.69) is 28.1 Å². The lowest BCUT2D eigenvalue weighted by Crippen LogP contribution is -2.37. The van der Waals surface area contributed by atoms with Crippen LogP contribution in [0.25, 0.3) is 5.65 Å². The van der Waals surface area contributed by atoms with E-state index >= 15 is 0 Å². The van der Waals surface area contributed by atoms with Crippen molar-refractivity contribution in [2.45, 2.75) is 38.1 Å². The fourth-order valence-electron chi connectivity index (χ4n) is 4.91. The molecule has 2 aromatic heterocycles. The summed E-state index contributed by atoms with van der Waals surface area (Å²) in [6.07, 6.45) is 2.09. The van der Waals surface area contributed by atoms with Gasteiger partial charge in [-0.05, 0) is 36.1 Å². The Bertz CT molecular complexity index is 1150. The third-order valence-corrected chi connectivity index (χ3v) is 6.54. The first kappa shape index (κ1) is 20.9. The van der Waals surface area contributed by atoms with E-state index in [1.807, 2.05) is 33.7 Å². The van der Waals surface area contributed by atoms with Crippen LogP contribution in [0.2, 0.25) is 0 Å². The molecular weight excluding hydrogens is 409 g/mol. The molecule has 0 spiro atoms. The quantitative estimate of drug-likeness (QED) is 0.616. The highest BCUT2D eigenvalue weighted by Gasteiger charge is 2.25. The summed E-state index contributed by atoms with van der Waals surface area (Å²) in [7, 11) is 0. The van der Waals surface area contributed by atoms with Crippen LogP contribution in [0.3, 0.4) is 0 Å². The van der Waals surface area contributed by atoms with E-state index in [9.17, 15) is 14.3 Å². The van der Waals surface area contributed by atoms with Crippen molar-refractivity contribution in [2.24, 2.45) is 5.73 Å². The smallest absolute Gasteiger partial charge is 0.269 e. The Morgan fingerprint density at radius 2 is 2.03 bits per heavy atom. The summed E-state index contributed by atoms with van der Waals surface area (Å²) in [6, 6.07) is 12.1. The number of hydrogen-bond acceptors (Lipinski definition) is 5. The molecule has 1 amide bonds. The van der Waals surface area contributed by atoms with Crippen LogP contribution in [-0.2, 0) is 19.4 Å². The van der Waals surface area contributed by atoms with E-state index in [-0.39, 0.29) is 12.1 Å². The van der Waals surface area contributed by atoms with Gasteiger partial charge in [0, 0.05) is 45.3 Å². The molecule has 0 bridgehead atoms. The number of benzene rings is 1. The number of carbonyl (C=O) groups excluding carboxylic acids is 1. The molecule has 32 heavy (non-hydrogen) atoms. The number of primary amides is 1. The van der Waals surface area contributed by atoms with Crippen molar-refractivity contribution < 1.29 is 14.3 Å². The van der Waals surface area contributed by atoms with E-state index in [0.29, 0.717) is 37.4 Å². The molecule has 2 aliphatic heterocycles. The van der Waals surface area contributed by atoms with Gasteiger partial charge in [-0.2, -0.15) is 0 Å². The number of carbonyl (C=O) groups is 1. The van der Waals surface area contributed by atoms with E-state index in [1.54, 1.807) is 0 Å². The van der Waals surface area contributed by atoms with Gasteiger partial charge in [0.15, 0.2) is 0 Å². The number of amides is 1. The number of pyridine rings is 1. The summed E-state index contributed by atoms with van der Waals surface area (Å²) in [5, 5.41) is 10.9. The van der Waals surface area contributed by atoms with Crippen molar-refractivity contribution in [2.75, 3.05) is 31.1 Å². The number of hydrogen-bond donors (Lipinski definition) is 2. The standard InChI is InChI=1S/C24H28FN5O2/c25-18-8-10-29(13-18)19-5-6-22-27-23(24(26)32)21(30(22)14-19)11-20(31)15-28-9-7-16-3-1-2-4-17(16)12-28/h1-6,14,18,20,31H,7-13,15H2,(H2,26,32)/t18?,20-/m0/s1. The molecule has 0 radical (unpaired) electrons. The van der Waals surface area contributed by atoms with Crippen LogP contribution in [-0.4, -0.2) is 63.8 Å². The first-order valence-corrected chi connectivity index (χ1v) is 11.1. The lowest BCUT2D eigenvalue weighted by Gasteiger charge is -2.30. The highest BCUT2D eigenvalue weighted by Crippen LogP contribution is 2.25. The average molecular weight is 438 g/mol. The van der Waals surface area contributed by atoms with Gasteiger partial charge in [-0.3, -0.25) is 9.69 Å². The van der Waals surface area contributed by atoms with Crippen LogP contribution in [0.5, 0.6) is 0 Å². The minimum Gasteiger partial charge on any atom is -0.391 e. The van der Waals surface area contributed by atoms with E-state index in [4.69, 9.17) is 5.73 Å². The number of anilines is 1. The first-order valence-electron chi connectivity index (χ1n) is 11.1. The number of fused-ring (bicyclic) bond motifs is 2. The zero-order valence-electron chi connectivity index (χ0n) is 18.0. The number of rotatable bonds is 6. The Kier molecular flexibility index (Phi) is 5.57. The number of aliphatic hydroxyl groups is 1. The number of halogens is 1. The predicted octanol–water partition coefficient (Wildman–Crippen LogP) is 1.94. The highest BCUT2D eigenvalue weighted by atomic mass is 19.1. The number of β-amino-alcohol motifs (C(OH)–C–C–N with tert-alkyl or cyclic N) is 1. The molecule has 0 aliphatic carbocycles. The minimum absolute atomic E-state index is 0.176. The van der Waals surface area contributed by atoms with Crippen LogP contribution in [0, 0.1) is 0 Å². The van der Waals surface area contributed by atoms with Gasteiger partial charge in [0.25, 0.3) is 5.91 Å². The third kappa shape index (κ3) is 4.08. The Balaban J connectivity index is 1.37. The Morgan fingerprint density at radius 3 is 2.78 bits per heavy atom. The fraction of sp³-hybridized carbons (Fsp3) is 0.417. The number of aliphatic hydroxyl groups excluding tert-OH is 1. The van der Waals surface area contributed by atoms with Crippen LogP contribution in [0.1, 0.15) is 33.7 Å². The maximum atomic E-state index is 13.7. The molecule has 4 heterocycles. The van der Waals surface area contributed by atoms with Crippen molar-refractivity contribution in [1.29, 1.82) is 0 Å². The van der Waals surface area contributed by atoms with Gasteiger partial charge in [-0.1, -0.05) is 24.3 Å². The second-order valence-corrected chi connectivity index (χ2v) is 8.83. The summed E-state index contributed by atoms with van der Waals surface area (Å²) in [6.45, 7) is 3.19. The van der Waals surface area contributed by atoms with E-state index in [0.717, 1.165) is 25.2 Å². The second kappa shape index (κ2) is 8.52. The molecule has 2 atom stereocenters. The minimum atomic E-state index is -0.828. The third-order valence-electron chi connectivity index (χ3n) is 6.54. The van der Waals surface area contributed by atoms with Crippen molar-refractivity contribution in [1.82, 2.24) is 14.3 Å². The average Bonchev–Trinajstić information content (AvgIpc) is 3.37. The van der Waals surface area contributed by atoms with Gasteiger partial charge in [-0.15, -0.1) is 0 Å². The monoisotopic (exact) mass is 437 g/mol. The largest absolute Gasteiger partial charge is 0.391 e. The normalized spacial score (nSPS) is 19.9. The number of alkyl halides is 1. The van der Waals surface area contributed by atoms with Crippen LogP contribution < -0.4 is 10.6 Å². The summed E-state index contributed by atoms with van der Waals surface area (Å²) < 4.78 is 15.5. The van der Waals surface area contributed by atoms with Crippen molar-refractivity contribution in [3.05, 3.63) is 65.1 Å². The van der Waals surface area contributed by atoms with Crippen molar-refractivity contribution in [3.63, 3.8) is 0 Å². The topological polar surface area (TPSA) is 87.1 Å². The maximum absolute atomic E-state index is 13.7. The lowest BCUT2D eigenvalue weighted by molar-refractivity contribution is 0.0983. The molecule has 0 saturated carbocycles. The molecule has 3 N–H and O–H groups in total. The van der Waals surface area contributed by atoms with Gasteiger partial charge >= 0.3 is 0 Å². The highest BCUT2D eigenvalue weighted by molar-refractivity contribution is 5.93. The number of nitrogens with zero attached hydrogens (tertiary/aromatic N) is 4. The number of imidazole rings is 1. The molecule has 2 aliphatic rings. The molecule has 168 valence electrons. The molecular formula is C24H28FN5O2. The first-order chi connectivity index (χ1) is 15.5. The summed E-state index contributed by atoms with van der Waals surface area (Å²) in [4.78, 5) is 20.7. The zero-order chi connectivity index (χ0) is 22.2. The predicted molar refractivity (Wildman–Crippen MR) is 121 cm³/mol. The Labute approximate surface area is 186 Å². The fourth-order valence-corrected chi connectivity index (χ4v) is 4.91. The van der Waals surface area contributed by atoms with Crippen molar-refractivity contribution in [3.8, 4) is 0 Å². The van der Waals surface area contributed by atoms with Gasteiger partial charge in [-0.25, -0.2) is 9.37 Å². The maximum Gasteiger partial charge on any atom is 0.269 e. The van der Waals surface area contributed by atoms with Crippen molar-refractivity contribution >= 4 is 17.2 Å². The molecule has 1 fully saturated rings. The zero-order valence-corrected chi connectivity index (χ0v) is 18.0. The van der Waals surface area contributed by atoms with Crippen LogP contribution in [0.15, 0.2) is 42.6 Å². The SMILES string of the molecule is NC(=O)c1nc2ccc(N3CCC(F)C3)cn2c1C[C@H](O)CN1CCc2ccccc2C1. The second-order valence-electron chi connectivity index (χ2n) is 8.83. The molecule has 3 aromatic rings. The molecule has 1 aromatic carbocycles. The Hall–Kier alpha value is -2.97. The van der Waals surface area contributed by atoms with Gasteiger partial charge in [0.2, 0.25) is 0 Å². The molecule has 1 saturated heterocycles. The van der Waals surface area contributed by atoms with E-state index in [1.165, 1.54) is 11.1 Å². The summed E-state index contributed by atoms with van der Waals surface area (Å²) in [5.41, 5.74) is 10.5. The summed E-state index contributed by atoms with van der Waals surface area (Å²) in [5.74, 6) is -0.616. The molecule has 1 unspecified atom stereocenters. The van der Waals surface area contributed by atoms with Gasteiger partial charge < -0.3 is 20.1 Å². The Morgan fingerprint density at radius 1 is 1.22 bits per heavy atom. The molecule has 7 nitrogen and oxygen atoms in total. The molecule has 8 heteroatoms. The lowest BCUT2D eigenvalue weighted by atomic mass is 9.99. The van der Waals surface area contributed by atoms with Crippen LogP contribution >= 0.6 is 0 Å². The summed E-state index contributed by atoms with van der Waals surface area (Å²) >= 11 is 0. The van der Waals surface area contributed by atoms with Gasteiger partial charge in [0.05, 0.1) is 17.5 Å². The molecule has 5 rings (SSSR count). The van der Waals surface area contributed by atoms with Gasteiger partial charge in [0.1, 0.15) is 17.5 Å². The van der Waals surface area contributed by atoms with Crippen LogP contribution in [0.4, 0.5) is 10.1 Å².